The standard InChI is InChI=1S/C18H27N5O4S/c1-13(2)17-20-15(9-27-17)7-22-5-14-6-23(11-18(14,10-22)12-24)28(25,26)16-4-19-21(3)8-16/h4,8-9,13-14,24H,5-7,10-12H2,1-3H3. The van der Waals surface area contributed by atoms with Gasteiger partial charge in [-0.1, -0.05) is 13.8 Å². The molecular formula is C18H27N5O4S. The lowest BCUT2D eigenvalue weighted by Gasteiger charge is -2.26. The Hall–Kier alpha value is -1.75. The van der Waals surface area contributed by atoms with E-state index in [2.05, 4.69) is 15.0 Å². The Balaban J connectivity index is 1.47. The van der Waals surface area contributed by atoms with Crippen molar-refractivity contribution in [2.24, 2.45) is 18.4 Å². The molecule has 2 unspecified atom stereocenters. The molecule has 0 bridgehead atoms. The summed E-state index contributed by atoms with van der Waals surface area (Å²) in [5.74, 6) is 1.04. The van der Waals surface area contributed by atoms with Gasteiger partial charge in [0.2, 0.25) is 10.0 Å². The van der Waals surface area contributed by atoms with E-state index in [0.717, 1.165) is 18.1 Å². The predicted octanol–water partition coefficient (Wildman–Crippen LogP) is 0.647. The second-order valence-electron chi connectivity index (χ2n) is 8.37. The highest BCUT2D eigenvalue weighted by Crippen LogP contribution is 2.44. The molecule has 4 rings (SSSR count). The summed E-state index contributed by atoms with van der Waals surface area (Å²) < 4.78 is 34.4. The summed E-state index contributed by atoms with van der Waals surface area (Å²) in [4.78, 5) is 6.96. The van der Waals surface area contributed by atoms with Crippen molar-refractivity contribution in [3.05, 3.63) is 30.2 Å². The van der Waals surface area contributed by atoms with Crippen molar-refractivity contribution < 1.29 is 17.9 Å². The summed E-state index contributed by atoms with van der Waals surface area (Å²) in [5, 5.41) is 14.1. The van der Waals surface area contributed by atoms with E-state index in [0.29, 0.717) is 26.2 Å². The molecule has 2 fully saturated rings. The minimum Gasteiger partial charge on any atom is -0.448 e. The van der Waals surface area contributed by atoms with Crippen molar-refractivity contribution in [1.82, 2.24) is 24.0 Å². The third-order valence-electron chi connectivity index (χ3n) is 5.88. The average molecular weight is 410 g/mol. The lowest BCUT2D eigenvalue weighted by atomic mass is 9.82. The SMILES string of the molecule is CC(C)c1nc(CN2CC3CN(S(=O)(=O)c4cnn(C)c4)CC3(CO)C2)co1. The molecule has 1 N–H and O–H groups in total. The van der Waals surface area contributed by atoms with Crippen LogP contribution < -0.4 is 0 Å². The third-order valence-corrected chi connectivity index (χ3v) is 7.65. The number of likely N-dealkylation sites (tertiary alicyclic amines) is 1. The number of sulfonamides is 1. The Morgan fingerprint density at radius 1 is 1.36 bits per heavy atom. The molecule has 2 aliphatic rings. The van der Waals surface area contributed by atoms with Crippen LogP contribution in [0.25, 0.3) is 0 Å². The molecule has 2 atom stereocenters. The number of aliphatic hydroxyl groups is 1. The van der Waals surface area contributed by atoms with Gasteiger partial charge in [0.25, 0.3) is 0 Å². The normalized spacial score (nSPS) is 26.4. The first-order valence-corrected chi connectivity index (χ1v) is 10.9. The number of oxazole rings is 1. The van der Waals surface area contributed by atoms with Gasteiger partial charge in [0.1, 0.15) is 11.2 Å². The molecule has 0 amide bonds. The van der Waals surface area contributed by atoms with E-state index in [-0.39, 0.29) is 23.3 Å². The van der Waals surface area contributed by atoms with E-state index in [1.165, 1.54) is 21.4 Å². The summed E-state index contributed by atoms with van der Waals surface area (Å²) in [6.07, 6.45) is 4.57. The Kier molecular flexibility index (Phi) is 4.85. The van der Waals surface area contributed by atoms with Crippen LogP contribution in [-0.4, -0.2) is 70.3 Å². The first kappa shape index (κ1) is 19.6. The molecule has 0 spiro atoms. The van der Waals surface area contributed by atoms with E-state index in [1.54, 1.807) is 13.3 Å². The first-order valence-electron chi connectivity index (χ1n) is 9.50. The van der Waals surface area contributed by atoms with Crippen molar-refractivity contribution in [1.29, 1.82) is 0 Å². The number of aryl methyl sites for hydroxylation is 1. The van der Waals surface area contributed by atoms with Gasteiger partial charge in [0.05, 0.1) is 18.5 Å². The fraction of sp³-hybridized carbons (Fsp3) is 0.667. The summed E-state index contributed by atoms with van der Waals surface area (Å²) in [5.41, 5.74) is 0.427. The molecule has 0 aliphatic carbocycles. The smallest absolute Gasteiger partial charge is 0.246 e. The molecule has 2 aliphatic heterocycles. The third kappa shape index (κ3) is 3.28. The van der Waals surface area contributed by atoms with Crippen LogP contribution in [0.3, 0.4) is 0 Å². The van der Waals surface area contributed by atoms with Gasteiger partial charge >= 0.3 is 0 Å². The van der Waals surface area contributed by atoms with Crippen molar-refractivity contribution in [2.75, 3.05) is 32.8 Å². The van der Waals surface area contributed by atoms with Crippen LogP contribution in [0.1, 0.15) is 31.4 Å². The van der Waals surface area contributed by atoms with Gasteiger partial charge in [-0.05, 0) is 5.92 Å². The number of aliphatic hydroxyl groups excluding tert-OH is 1. The Morgan fingerprint density at radius 2 is 2.14 bits per heavy atom. The molecule has 0 aromatic carbocycles. The van der Waals surface area contributed by atoms with Crippen LogP contribution in [0, 0.1) is 11.3 Å². The zero-order valence-electron chi connectivity index (χ0n) is 16.4. The number of aromatic nitrogens is 3. The molecule has 2 aromatic heterocycles. The van der Waals surface area contributed by atoms with Crippen LogP contribution in [0.15, 0.2) is 28.0 Å². The van der Waals surface area contributed by atoms with Gasteiger partial charge in [-0.3, -0.25) is 9.58 Å². The number of nitrogens with zero attached hydrogens (tertiary/aromatic N) is 5. The van der Waals surface area contributed by atoms with Gasteiger partial charge in [-0.2, -0.15) is 9.40 Å². The molecule has 2 aromatic rings. The van der Waals surface area contributed by atoms with Crippen LogP contribution in [0.4, 0.5) is 0 Å². The second kappa shape index (κ2) is 6.94. The summed E-state index contributed by atoms with van der Waals surface area (Å²) in [7, 11) is -1.90. The van der Waals surface area contributed by atoms with E-state index in [1.807, 2.05) is 13.8 Å². The molecule has 10 heteroatoms. The van der Waals surface area contributed by atoms with Crippen LogP contribution in [0.2, 0.25) is 0 Å². The second-order valence-corrected chi connectivity index (χ2v) is 10.3. The monoisotopic (exact) mass is 409 g/mol. The minimum atomic E-state index is -3.60. The maximum atomic E-state index is 12.9. The Morgan fingerprint density at radius 3 is 2.71 bits per heavy atom. The lowest BCUT2D eigenvalue weighted by Crippen LogP contribution is -2.38. The lowest BCUT2D eigenvalue weighted by molar-refractivity contribution is 0.119. The van der Waals surface area contributed by atoms with Crippen LogP contribution in [-0.2, 0) is 23.6 Å². The molecule has 9 nitrogen and oxygen atoms in total. The largest absolute Gasteiger partial charge is 0.448 e. The summed E-state index contributed by atoms with van der Waals surface area (Å²) >= 11 is 0. The molecular weight excluding hydrogens is 382 g/mol. The van der Waals surface area contributed by atoms with Crippen molar-refractivity contribution in [3.63, 3.8) is 0 Å². The highest BCUT2D eigenvalue weighted by atomic mass is 32.2. The number of rotatable bonds is 6. The fourth-order valence-corrected chi connectivity index (χ4v) is 5.91. The molecule has 154 valence electrons. The van der Waals surface area contributed by atoms with Gasteiger partial charge in [0, 0.05) is 57.3 Å². The van der Waals surface area contributed by atoms with E-state index >= 15 is 0 Å². The van der Waals surface area contributed by atoms with Gasteiger partial charge in [0.15, 0.2) is 5.89 Å². The van der Waals surface area contributed by atoms with E-state index < -0.39 is 15.4 Å². The maximum absolute atomic E-state index is 12.9. The first-order chi connectivity index (χ1) is 13.2. The van der Waals surface area contributed by atoms with Gasteiger partial charge in [-0.25, -0.2) is 13.4 Å². The Labute approximate surface area is 165 Å². The Bertz CT molecular complexity index is 953. The zero-order valence-corrected chi connectivity index (χ0v) is 17.3. The van der Waals surface area contributed by atoms with E-state index in [4.69, 9.17) is 4.42 Å². The number of hydrogen-bond donors (Lipinski definition) is 1. The van der Waals surface area contributed by atoms with Gasteiger partial charge in [-0.15, -0.1) is 0 Å². The van der Waals surface area contributed by atoms with Crippen molar-refractivity contribution in [3.8, 4) is 0 Å². The molecule has 4 heterocycles. The fourth-order valence-electron chi connectivity index (χ4n) is 4.34. The quantitative estimate of drug-likeness (QED) is 0.747. The summed E-state index contributed by atoms with van der Waals surface area (Å²) in [6.45, 7) is 6.76. The van der Waals surface area contributed by atoms with E-state index in [9.17, 15) is 13.5 Å². The zero-order chi connectivity index (χ0) is 20.1. The van der Waals surface area contributed by atoms with Crippen LogP contribution >= 0.6 is 0 Å². The number of fused-ring (bicyclic) bond motifs is 1. The number of hydrogen-bond acceptors (Lipinski definition) is 7. The minimum absolute atomic E-state index is 0.0384. The highest BCUT2D eigenvalue weighted by Gasteiger charge is 2.54. The van der Waals surface area contributed by atoms with Crippen molar-refractivity contribution in [2.45, 2.75) is 31.2 Å². The van der Waals surface area contributed by atoms with Gasteiger partial charge < -0.3 is 9.52 Å². The predicted molar refractivity (Wildman–Crippen MR) is 101 cm³/mol. The molecule has 2 saturated heterocycles. The maximum Gasteiger partial charge on any atom is 0.246 e. The molecule has 28 heavy (non-hydrogen) atoms. The highest BCUT2D eigenvalue weighted by molar-refractivity contribution is 7.89. The molecule has 0 saturated carbocycles. The molecule has 0 radical (unpaired) electrons. The van der Waals surface area contributed by atoms with Crippen LogP contribution in [0.5, 0.6) is 0 Å². The van der Waals surface area contributed by atoms with Crippen molar-refractivity contribution >= 4 is 10.0 Å². The summed E-state index contributed by atoms with van der Waals surface area (Å²) in [6, 6.07) is 0. The average Bonchev–Trinajstić information content (AvgIpc) is 3.37. The topological polar surface area (TPSA) is 105 Å².